The second-order valence-corrected chi connectivity index (χ2v) is 5.58. The number of benzene rings is 1. The lowest BCUT2D eigenvalue weighted by Gasteiger charge is -2.28. The van der Waals surface area contributed by atoms with Gasteiger partial charge in [0.2, 0.25) is 0 Å². The second kappa shape index (κ2) is 5.04. The van der Waals surface area contributed by atoms with Crippen LogP contribution in [-0.2, 0) is 13.0 Å². The molecule has 0 radical (unpaired) electrons. The van der Waals surface area contributed by atoms with E-state index in [2.05, 4.69) is 14.8 Å². The number of para-hydroxylation sites is 2. The van der Waals surface area contributed by atoms with Gasteiger partial charge < -0.3 is 19.8 Å². The van der Waals surface area contributed by atoms with Crippen molar-refractivity contribution in [1.29, 1.82) is 0 Å². The van der Waals surface area contributed by atoms with E-state index in [0.717, 1.165) is 42.5 Å². The van der Waals surface area contributed by atoms with Crippen molar-refractivity contribution in [1.82, 2.24) is 14.8 Å². The van der Waals surface area contributed by atoms with Crippen LogP contribution < -0.4 is 15.2 Å². The molecule has 1 aromatic carbocycles. The Balaban J connectivity index is 1.60. The third kappa shape index (κ3) is 2.15. The first-order valence-electron chi connectivity index (χ1n) is 7.35. The SMILES string of the molecule is NCC1CCn2c(nnc2C2COc3ccccc3O2)C1. The van der Waals surface area contributed by atoms with Crippen molar-refractivity contribution in [2.24, 2.45) is 11.7 Å². The van der Waals surface area contributed by atoms with E-state index in [1.54, 1.807) is 0 Å². The van der Waals surface area contributed by atoms with Gasteiger partial charge in [-0.15, -0.1) is 10.2 Å². The molecule has 2 N–H and O–H groups in total. The molecule has 3 heterocycles. The summed E-state index contributed by atoms with van der Waals surface area (Å²) in [5, 5.41) is 8.64. The Labute approximate surface area is 122 Å². The number of ether oxygens (including phenoxy) is 2. The highest BCUT2D eigenvalue weighted by molar-refractivity contribution is 5.41. The summed E-state index contributed by atoms with van der Waals surface area (Å²) in [6.07, 6.45) is 1.77. The van der Waals surface area contributed by atoms with Crippen LogP contribution in [0.5, 0.6) is 11.5 Å². The van der Waals surface area contributed by atoms with Crippen molar-refractivity contribution in [2.45, 2.75) is 25.5 Å². The third-order valence-corrected chi connectivity index (χ3v) is 4.22. The van der Waals surface area contributed by atoms with E-state index in [1.807, 2.05) is 24.3 Å². The van der Waals surface area contributed by atoms with Crippen LogP contribution in [0.4, 0.5) is 0 Å². The van der Waals surface area contributed by atoms with Crippen LogP contribution in [0.15, 0.2) is 24.3 Å². The van der Waals surface area contributed by atoms with Gasteiger partial charge in [-0.2, -0.15) is 0 Å². The van der Waals surface area contributed by atoms with Crippen molar-refractivity contribution in [3.8, 4) is 11.5 Å². The van der Waals surface area contributed by atoms with Crippen LogP contribution in [-0.4, -0.2) is 27.9 Å². The van der Waals surface area contributed by atoms with Crippen LogP contribution in [0.3, 0.4) is 0 Å². The van der Waals surface area contributed by atoms with E-state index in [1.165, 1.54) is 0 Å². The minimum absolute atomic E-state index is 0.199. The number of aromatic nitrogens is 3. The summed E-state index contributed by atoms with van der Waals surface area (Å²) in [5.74, 6) is 3.93. The molecule has 6 heteroatoms. The molecule has 0 saturated carbocycles. The first kappa shape index (κ1) is 12.6. The molecule has 0 bridgehead atoms. The molecule has 0 spiro atoms. The van der Waals surface area contributed by atoms with E-state index in [9.17, 15) is 0 Å². The smallest absolute Gasteiger partial charge is 0.192 e. The van der Waals surface area contributed by atoms with Gasteiger partial charge >= 0.3 is 0 Å². The van der Waals surface area contributed by atoms with Gasteiger partial charge in [-0.3, -0.25) is 0 Å². The number of nitrogens with zero attached hydrogens (tertiary/aromatic N) is 3. The molecule has 2 atom stereocenters. The Hall–Kier alpha value is -2.08. The minimum Gasteiger partial charge on any atom is -0.485 e. The fraction of sp³-hybridized carbons (Fsp3) is 0.467. The Kier molecular flexibility index (Phi) is 3.03. The number of hydrogen-bond acceptors (Lipinski definition) is 5. The molecule has 2 aliphatic rings. The van der Waals surface area contributed by atoms with E-state index < -0.39 is 0 Å². The second-order valence-electron chi connectivity index (χ2n) is 5.58. The molecule has 2 aromatic rings. The Morgan fingerprint density at radius 2 is 2.10 bits per heavy atom. The lowest BCUT2D eigenvalue weighted by molar-refractivity contribution is 0.0812. The topological polar surface area (TPSA) is 75.2 Å². The maximum absolute atomic E-state index is 6.02. The zero-order valence-electron chi connectivity index (χ0n) is 11.7. The van der Waals surface area contributed by atoms with Gasteiger partial charge in [0.25, 0.3) is 0 Å². The largest absolute Gasteiger partial charge is 0.485 e. The average molecular weight is 286 g/mol. The highest BCUT2D eigenvalue weighted by atomic mass is 16.6. The Morgan fingerprint density at radius 1 is 1.24 bits per heavy atom. The van der Waals surface area contributed by atoms with Crippen molar-refractivity contribution >= 4 is 0 Å². The van der Waals surface area contributed by atoms with Crippen molar-refractivity contribution in [3.05, 3.63) is 35.9 Å². The van der Waals surface area contributed by atoms with E-state index in [-0.39, 0.29) is 6.10 Å². The molecule has 4 rings (SSSR count). The van der Waals surface area contributed by atoms with E-state index in [0.29, 0.717) is 19.1 Å². The fourth-order valence-corrected chi connectivity index (χ4v) is 3.00. The molecular weight excluding hydrogens is 268 g/mol. The van der Waals surface area contributed by atoms with Gasteiger partial charge in [-0.05, 0) is 31.0 Å². The van der Waals surface area contributed by atoms with Gasteiger partial charge in [0.05, 0.1) is 0 Å². The quantitative estimate of drug-likeness (QED) is 0.901. The molecule has 6 nitrogen and oxygen atoms in total. The summed E-state index contributed by atoms with van der Waals surface area (Å²) >= 11 is 0. The predicted octanol–water partition coefficient (Wildman–Crippen LogP) is 1.31. The molecule has 21 heavy (non-hydrogen) atoms. The van der Waals surface area contributed by atoms with E-state index in [4.69, 9.17) is 15.2 Å². The van der Waals surface area contributed by atoms with Crippen molar-refractivity contribution in [3.63, 3.8) is 0 Å². The number of nitrogens with two attached hydrogens (primary N) is 1. The zero-order chi connectivity index (χ0) is 14.2. The summed E-state index contributed by atoms with van der Waals surface area (Å²) in [5.41, 5.74) is 5.76. The van der Waals surface area contributed by atoms with Crippen molar-refractivity contribution < 1.29 is 9.47 Å². The highest BCUT2D eigenvalue weighted by Gasteiger charge is 2.30. The molecule has 1 aromatic heterocycles. The predicted molar refractivity (Wildman–Crippen MR) is 76.2 cm³/mol. The lowest BCUT2D eigenvalue weighted by Crippen LogP contribution is -2.29. The molecule has 110 valence electrons. The summed E-state index contributed by atoms with van der Waals surface area (Å²) in [4.78, 5) is 0. The molecule has 2 aliphatic heterocycles. The maximum Gasteiger partial charge on any atom is 0.192 e. The van der Waals surface area contributed by atoms with Crippen LogP contribution in [0.1, 0.15) is 24.2 Å². The Morgan fingerprint density at radius 3 is 2.95 bits per heavy atom. The van der Waals surface area contributed by atoms with Crippen LogP contribution in [0.25, 0.3) is 0 Å². The first-order valence-corrected chi connectivity index (χ1v) is 7.35. The molecule has 0 fully saturated rings. The molecule has 0 amide bonds. The van der Waals surface area contributed by atoms with Crippen LogP contribution in [0.2, 0.25) is 0 Å². The summed E-state index contributed by atoms with van der Waals surface area (Å²) < 4.78 is 14.0. The molecular formula is C15H18N4O2. The average Bonchev–Trinajstić information content (AvgIpc) is 2.97. The summed E-state index contributed by atoms with van der Waals surface area (Å²) in [6.45, 7) is 2.08. The van der Waals surface area contributed by atoms with Crippen LogP contribution >= 0.6 is 0 Å². The standard InChI is InChI=1S/C15H18N4O2/c16-8-10-5-6-19-14(7-10)17-18-15(19)13-9-20-11-3-1-2-4-12(11)21-13/h1-4,10,13H,5-9,16H2. The molecule has 0 aliphatic carbocycles. The number of hydrogen-bond donors (Lipinski definition) is 1. The first-order chi connectivity index (χ1) is 10.3. The third-order valence-electron chi connectivity index (χ3n) is 4.22. The van der Waals surface area contributed by atoms with Gasteiger partial charge in [0, 0.05) is 13.0 Å². The van der Waals surface area contributed by atoms with Crippen molar-refractivity contribution in [2.75, 3.05) is 13.2 Å². The maximum atomic E-state index is 6.02. The van der Waals surface area contributed by atoms with Gasteiger partial charge in [0.15, 0.2) is 23.4 Å². The zero-order valence-corrected chi connectivity index (χ0v) is 11.7. The lowest BCUT2D eigenvalue weighted by atomic mass is 9.98. The number of fused-ring (bicyclic) bond motifs is 2. The molecule has 2 unspecified atom stereocenters. The monoisotopic (exact) mass is 286 g/mol. The van der Waals surface area contributed by atoms with E-state index >= 15 is 0 Å². The molecule has 0 saturated heterocycles. The Bertz CT molecular complexity index is 655. The normalized spacial score (nSPS) is 23.7. The fourth-order valence-electron chi connectivity index (χ4n) is 3.00. The number of rotatable bonds is 2. The van der Waals surface area contributed by atoms with Crippen LogP contribution in [0, 0.1) is 5.92 Å². The summed E-state index contributed by atoms with van der Waals surface area (Å²) in [7, 11) is 0. The highest BCUT2D eigenvalue weighted by Crippen LogP contribution is 2.36. The minimum atomic E-state index is -0.199. The van der Waals surface area contributed by atoms with Gasteiger partial charge in [-0.1, -0.05) is 12.1 Å². The van der Waals surface area contributed by atoms with Gasteiger partial charge in [0.1, 0.15) is 12.4 Å². The summed E-state index contributed by atoms with van der Waals surface area (Å²) in [6, 6.07) is 7.71. The van der Waals surface area contributed by atoms with Gasteiger partial charge in [-0.25, -0.2) is 0 Å².